The minimum atomic E-state index is -0.710. The van der Waals surface area contributed by atoms with Gasteiger partial charge in [-0.15, -0.1) is 0 Å². The second-order valence-electron chi connectivity index (χ2n) is 6.94. The van der Waals surface area contributed by atoms with Crippen molar-refractivity contribution in [1.29, 1.82) is 0 Å². The Hall–Kier alpha value is -2.12. The molecule has 2 aliphatic rings. The molecule has 2 heterocycles. The number of benzene rings is 1. The van der Waals surface area contributed by atoms with Crippen molar-refractivity contribution in [3.05, 3.63) is 36.3 Å². The van der Waals surface area contributed by atoms with Gasteiger partial charge in [-0.1, -0.05) is 0 Å². The van der Waals surface area contributed by atoms with Crippen LogP contribution in [-0.2, 0) is 4.65 Å². The van der Waals surface area contributed by atoms with Crippen molar-refractivity contribution in [2.75, 3.05) is 13.7 Å². The summed E-state index contributed by atoms with van der Waals surface area (Å²) in [6, 6.07) is 5.86. The fourth-order valence-electron chi connectivity index (χ4n) is 3.64. The molecule has 6 nitrogen and oxygen atoms in total. The first-order valence-electron chi connectivity index (χ1n) is 9.19. The molecule has 0 bridgehead atoms. The van der Waals surface area contributed by atoms with Crippen molar-refractivity contribution >= 4 is 7.12 Å². The number of ether oxygens (including phenoxy) is 2. The summed E-state index contributed by atoms with van der Waals surface area (Å²) in [5, 5.41) is 9.58. The summed E-state index contributed by atoms with van der Waals surface area (Å²) in [5.74, 6) is 1.56. The summed E-state index contributed by atoms with van der Waals surface area (Å²) in [7, 11) is 0.945. The van der Waals surface area contributed by atoms with Gasteiger partial charge in [-0.3, -0.25) is 4.98 Å². The van der Waals surface area contributed by atoms with Gasteiger partial charge in [0.05, 0.1) is 30.8 Å². The van der Waals surface area contributed by atoms with Gasteiger partial charge >= 0.3 is 7.12 Å². The highest BCUT2D eigenvalue weighted by Gasteiger charge is 2.31. The summed E-state index contributed by atoms with van der Waals surface area (Å²) >= 11 is 0. The Morgan fingerprint density at radius 1 is 1.19 bits per heavy atom. The summed E-state index contributed by atoms with van der Waals surface area (Å²) in [6.07, 6.45) is 8.92. The molecule has 2 fully saturated rings. The minimum Gasteiger partial charge on any atom is -0.493 e. The monoisotopic (exact) mass is 354 g/mol. The number of hydrogen-bond acceptors (Lipinski definition) is 6. The highest BCUT2D eigenvalue weighted by atomic mass is 16.5. The predicted molar refractivity (Wildman–Crippen MR) is 98.4 cm³/mol. The lowest BCUT2D eigenvalue weighted by Gasteiger charge is -2.17. The second-order valence-corrected chi connectivity index (χ2v) is 6.94. The first kappa shape index (κ1) is 17.3. The molecule has 26 heavy (non-hydrogen) atoms. The largest absolute Gasteiger partial charge is 0.493 e. The molecule has 1 aromatic heterocycles. The average molecular weight is 354 g/mol. The molecule has 1 aromatic carbocycles. The lowest BCUT2D eigenvalue weighted by Crippen LogP contribution is -2.11. The van der Waals surface area contributed by atoms with E-state index in [1.807, 2.05) is 18.2 Å². The van der Waals surface area contributed by atoms with Crippen molar-refractivity contribution in [2.24, 2.45) is 0 Å². The number of rotatable bonds is 5. The molecule has 1 aliphatic heterocycles. The van der Waals surface area contributed by atoms with Gasteiger partial charge < -0.3 is 19.2 Å². The van der Waals surface area contributed by atoms with Crippen LogP contribution in [0.25, 0.3) is 11.3 Å². The third-order valence-corrected chi connectivity index (χ3v) is 5.10. The van der Waals surface area contributed by atoms with Crippen LogP contribution in [-0.4, -0.2) is 41.9 Å². The Kier molecular flexibility index (Phi) is 5.08. The van der Waals surface area contributed by atoms with E-state index in [1.54, 1.807) is 19.5 Å². The summed E-state index contributed by atoms with van der Waals surface area (Å²) < 4.78 is 16.9. The van der Waals surface area contributed by atoms with Gasteiger partial charge in [-0.25, -0.2) is 4.98 Å². The van der Waals surface area contributed by atoms with Crippen molar-refractivity contribution in [3.8, 4) is 22.8 Å². The molecule has 136 valence electrons. The van der Waals surface area contributed by atoms with Crippen LogP contribution in [0.2, 0.25) is 6.32 Å². The van der Waals surface area contributed by atoms with Crippen LogP contribution in [0.3, 0.4) is 0 Å². The zero-order valence-electron chi connectivity index (χ0n) is 14.9. The Balaban J connectivity index is 1.60. The summed E-state index contributed by atoms with van der Waals surface area (Å²) in [4.78, 5) is 9.07. The van der Waals surface area contributed by atoms with Crippen molar-refractivity contribution in [1.82, 2.24) is 9.97 Å². The molecule has 0 unspecified atom stereocenters. The average Bonchev–Trinajstić information content (AvgIpc) is 3.33. The molecule has 1 saturated carbocycles. The molecule has 1 aliphatic carbocycles. The molecular weight excluding hydrogens is 331 g/mol. The Morgan fingerprint density at radius 3 is 2.77 bits per heavy atom. The maximum atomic E-state index is 9.58. The molecule has 4 rings (SSSR count). The van der Waals surface area contributed by atoms with E-state index in [2.05, 4.69) is 4.98 Å². The first-order chi connectivity index (χ1) is 12.7. The van der Waals surface area contributed by atoms with Crippen LogP contribution in [0.1, 0.15) is 37.3 Å². The van der Waals surface area contributed by atoms with Gasteiger partial charge in [-0.05, 0) is 50.2 Å². The molecule has 7 heteroatoms. The van der Waals surface area contributed by atoms with E-state index in [0.717, 1.165) is 41.3 Å². The highest BCUT2D eigenvalue weighted by molar-refractivity contribution is 6.43. The predicted octanol–water partition coefficient (Wildman–Crippen LogP) is 3.07. The molecule has 0 amide bonds. The van der Waals surface area contributed by atoms with Crippen LogP contribution in [0.5, 0.6) is 11.5 Å². The van der Waals surface area contributed by atoms with E-state index in [-0.39, 0.29) is 12.0 Å². The van der Waals surface area contributed by atoms with E-state index >= 15 is 0 Å². The second kappa shape index (κ2) is 7.64. The van der Waals surface area contributed by atoms with Gasteiger partial charge in [0.15, 0.2) is 11.5 Å². The smallest absolute Gasteiger partial charge is 0.454 e. The molecule has 0 radical (unpaired) electrons. The summed E-state index contributed by atoms with van der Waals surface area (Å²) in [5.41, 5.74) is 2.56. The maximum absolute atomic E-state index is 9.58. The van der Waals surface area contributed by atoms with Gasteiger partial charge in [0, 0.05) is 24.3 Å². The van der Waals surface area contributed by atoms with Crippen LogP contribution in [0.15, 0.2) is 30.6 Å². The molecule has 1 saturated heterocycles. The Morgan fingerprint density at radius 2 is 2.04 bits per heavy atom. The third-order valence-electron chi connectivity index (χ3n) is 5.10. The van der Waals surface area contributed by atoms with Gasteiger partial charge in [0.2, 0.25) is 0 Å². The van der Waals surface area contributed by atoms with E-state index in [9.17, 15) is 5.02 Å². The lowest BCUT2D eigenvalue weighted by atomic mass is 9.81. The topological polar surface area (TPSA) is 73.7 Å². The Labute approximate surface area is 153 Å². The molecule has 1 atom stereocenters. The molecular formula is C19H23BN2O4. The highest BCUT2D eigenvalue weighted by Crippen LogP contribution is 2.35. The van der Waals surface area contributed by atoms with Gasteiger partial charge in [0.25, 0.3) is 0 Å². The lowest BCUT2D eigenvalue weighted by molar-refractivity contribution is 0.201. The fourth-order valence-corrected chi connectivity index (χ4v) is 3.64. The minimum absolute atomic E-state index is 0.0740. The van der Waals surface area contributed by atoms with Gasteiger partial charge in [0.1, 0.15) is 0 Å². The quantitative estimate of drug-likeness (QED) is 0.832. The number of methoxy groups -OCH3 is 1. The van der Waals surface area contributed by atoms with Gasteiger partial charge in [-0.2, -0.15) is 0 Å². The number of nitrogens with zero attached hydrogens (tertiary/aromatic N) is 2. The van der Waals surface area contributed by atoms with Crippen LogP contribution in [0, 0.1) is 0 Å². The standard InChI is InChI=1S/C19H23BN2O4/c1-24-18-7-6-13(8-19(18)26-15-4-2-3-5-15)16-10-21-11-17(22-16)14-9-20(23)25-12-14/h6-8,10-11,14-15,23H,2-5,9,12H2,1H3/t14-/m1/s1. The zero-order chi connectivity index (χ0) is 17.9. The van der Waals surface area contributed by atoms with E-state index in [4.69, 9.17) is 19.1 Å². The zero-order valence-corrected chi connectivity index (χ0v) is 14.9. The van der Waals surface area contributed by atoms with E-state index in [0.29, 0.717) is 12.9 Å². The fraction of sp³-hybridized carbons (Fsp3) is 0.474. The maximum Gasteiger partial charge on any atom is 0.454 e. The van der Waals surface area contributed by atoms with Crippen LogP contribution < -0.4 is 9.47 Å². The van der Waals surface area contributed by atoms with Crippen LogP contribution >= 0.6 is 0 Å². The third kappa shape index (κ3) is 3.69. The van der Waals surface area contributed by atoms with Crippen molar-refractivity contribution < 1.29 is 19.2 Å². The normalized spacial score (nSPS) is 20.5. The van der Waals surface area contributed by atoms with E-state index in [1.165, 1.54) is 12.8 Å². The molecule has 1 N–H and O–H groups in total. The Bertz CT molecular complexity index is 767. The van der Waals surface area contributed by atoms with Crippen molar-refractivity contribution in [3.63, 3.8) is 0 Å². The van der Waals surface area contributed by atoms with Crippen molar-refractivity contribution in [2.45, 2.75) is 44.0 Å². The number of hydrogen-bond donors (Lipinski definition) is 1. The van der Waals surface area contributed by atoms with E-state index < -0.39 is 7.12 Å². The molecule has 2 aromatic rings. The SMILES string of the molecule is COc1ccc(-c2cncc([C@H]3COB(O)C3)n2)cc1OC1CCCC1. The number of aromatic nitrogens is 2. The molecule has 0 spiro atoms. The summed E-state index contributed by atoms with van der Waals surface area (Å²) in [6.45, 7) is 0.470. The van der Waals surface area contributed by atoms with Crippen LogP contribution in [0.4, 0.5) is 0 Å². The first-order valence-corrected chi connectivity index (χ1v) is 9.19.